The fourth-order valence-electron chi connectivity index (χ4n) is 2.23. The Morgan fingerprint density at radius 1 is 1.38 bits per heavy atom. The molecule has 1 saturated carbocycles. The first kappa shape index (κ1) is 11.3. The Hall–Kier alpha value is -1.16. The number of nitrogens with one attached hydrogen (secondary N) is 2. The van der Waals surface area contributed by atoms with E-state index in [9.17, 15) is 0 Å². The molecule has 0 aromatic carbocycles. The predicted octanol–water partition coefficient (Wildman–Crippen LogP) is 2.13. The van der Waals surface area contributed by atoms with Crippen LogP contribution in [0.25, 0.3) is 0 Å². The third kappa shape index (κ3) is 2.92. The van der Waals surface area contributed by atoms with E-state index in [-0.39, 0.29) is 0 Å². The average molecular weight is 220 g/mol. The third-order valence-corrected chi connectivity index (χ3v) is 3.10. The molecular weight excluding hydrogens is 200 g/mol. The Bertz CT molecular complexity index is 326. The Morgan fingerprint density at radius 3 is 2.94 bits per heavy atom. The Morgan fingerprint density at radius 2 is 2.19 bits per heavy atom. The van der Waals surface area contributed by atoms with Crippen molar-refractivity contribution in [3.05, 3.63) is 24.3 Å². The number of nitrogens with zero attached hydrogens (tertiary/aromatic N) is 2. The minimum absolute atomic E-state index is 0.582. The molecule has 1 heterocycles. The molecule has 0 bridgehead atoms. The SMILES string of the molecule is C=CCNCc1nc(C2CCCCC2)n[nH]1. The lowest BCUT2D eigenvalue weighted by atomic mass is 9.89. The van der Waals surface area contributed by atoms with Crippen LogP contribution in [0.15, 0.2) is 12.7 Å². The van der Waals surface area contributed by atoms with Gasteiger partial charge in [-0.1, -0.05) is 25.3 Å². The molecule has 0 aliphatic heterocycles. The van der Waals surface area contributed by atoms with Crippen LogP contribution in [0.5, 0.6) is 0 Å². The smallest absolute Gasteiger partial charge is 0.153 e. The van der Waals surface area contributed by atoms with Crippen LogP contribution in [0.2, 0.25) is 0 Å². The van der Waals surface area contributed by atoms with Gasteiger partial charge in [-0.25, -0.2) is 4.98 Å². The molecule has 1 aliphatic carbocycles. The molecule has 2 N–H and O–H groups in total. The standard InChI is InChI=1S/C12H20N4/c1-2-8-13-9-11-14-12(16-15-11)10-6-4-3-5-7-10/h2,10,13H,1,3-9H2,(H,14,15,16). The summed E-state index contributed by atoms with van der Waals surface area (Å²) >= 11 is 0. The van der Waals surface area contributed by atoms with Crippen molar-refractivity contribution in [3.63, 3.8) is 0 Å². The number of hydrogen-bond donors (Lipinski definition) is 2. The fourth-order valence-corrected chi connectivity index (χ4v) is 2.23. The summed E-state index contributed by atoms with van der Waals surface area (Å²) in [7, 11) is 0. The monoisotopic (exact) mass is 220 g/mol. The molecule has 0 unspecified atom stereocenters. The molecule has 1 aromatic rings. The fraction of sp³-hybridized carbons (Fsp3) is 0.667. The molecular formula is C12H20N4. The van der Waals surface area contributed by atoms with Crippen molar-refractivity contribution in [1.82, 2.24) is 20.5 Å². The van der Waals surface area contributed by atoms with Crippen LogP contribution in [-0.2, 0) is 6.54 Å². The summed E-state index contributed by atoms with van der Waals surface area (Å²) in [6, 6.07) is 0. The van der Waals surface area contributed by atoms with Crippen molar-refractivity contribution in [2.45, 2.75) is 44.6 Å². The lowest BCUT2D eigenvalue weighted by molar-refractivity contribution is 0.429. The molecule has 16 heavy (non-hydrogen) atoms. The second-order valence-electron chi connectivity index (χ2n) is 4.39. The second kappa shape index (κ2) is 5.80. The normalized spacial score (nSPS) is 17.5. The topological polar surface area (TPSA) is 53.6 Å². The number of rotatable bonds is 5. The highest BCUT2D eigenvalue weighted by molar-refractivity contribution is 4.99. The van der Waals surface area contributed by atoms with Gasteiger partial charge < -0.3 is 5.32 Å². The van der Waals surface area contributed by atoms with Gasteiger partial charge in [0.2, 0.25) is 0 Å². The summed E-state index contributed by atoms with van der Waals surface area (Å²) in [5, 5.41) is 10.5. The van der Waals surface area contributed by atoms with Crippen LogP contribution < -0.4 is 5.32 Å². The summed E-state index contributed by atoms with van der Waals surface area (Å²) in [5.74, 6) is 2.52. The van der Waals surface area contributed by atoms with Gasteiger partial charge in [0.1, 0.15) is 5.82 Å². The molecule has 2 rings (SSSR count). The Kier molecular flexibility index (Phi) is 4.10. The number of aromatic amines is 1. The number of H-pyrrole nitrogens is 1. The molecule has 1 aromatic heterocycles. The van der Waals surface area contributed by atoms with E-state index in [1.165, 1.54) is 32.1 Å². The van der Waals surface area contributed by atoms with Crippen molar-refractivity contribution in [2.24, 2.45) is 0 Å². The molecule has 4 nitrogen and oxygen atoms in total. The van der Waals surface area contributed by atoms with Crippen LogP contribution in [0.1, 0.15) is 49.7 Å². The van der Waals surface area contributed by atoms with Gasteiger partial charge in [-0.2, -0.15) is 5.10 Å². The van der Waals surface area contributed by atoms with Gasteiger partial charge in [0.25, 0.3) is 0 Å². The molecule has 0 spiro atoms. The van der Waals surface area contributed by atoms with Crippen LogP contribution in [-0.4, -0.2) is 21.7 Å². The van der Waals surface area contributed by atoms with Crippen molar-refractivity contribution in [3.8, 4) is 0 Å². The van der Waals surface area contributed by atoms with E-state index in [1.54, 1.807) is 0 Å². The first-order valence-corrected chi connectivity index (χ1v) is 6.13. The van der Waals surface area contributed by atoms with Crippen LogP contribution in [0, 0.1) is 0 Å². The Labute approximate surface area is 96.6 Å². The van der Waals surface area contributed by atoms with E-state index < -0.39 is 0 Å². The number of hydrogen-bond acceptors (Lipinski definition) is 3. The molecule has 0 saturated heterocycles. The first-order valence-electron chi connectivity index (χ1n) is 6.13. The van der Waals surface area contributed by atoms with E-state index in [1.807, 2.05) is 6.08 Å². The quantitative estimate of drug-likeness (QED) is 0.590. The predicted molar refractivity (Wildman–Crippen MR) is 64.1 cm³/mol. The summed E-state index contributed by atoms with van der Waals surface area (Å²) in [6.45, 7) is 5.21. The zero-order valence-electron chi connectivity index (χ0n) is 9.71. The zero-order chi connectivity index (χ0) is 11.2. The first-order chi connectivity index (χ1) is 7.90. The van der Waals surface area contributed by atoms with E-state index in [4.69, 9.17) is 0 Å². The molecule has 4 heteroatoms. The van der Waals surface area contributed by atoms with Gasteiger partial charge in [-0.05, 0) is 12.8 Å². The van der Waals surface area contributed by atoms with Gasteiger partial charge in [-0.3, -0.25) is 5.10 Å². The summed E-state index contributed by atoms with van der Waals surface area (Å²) in [4.78, 5) is 4.54. The highest BCUT2D eigenvalue weighted by Gasteiger charge is 2.19. The van der Waals surface area contributed by atoms with Crippen molar-refractivity contribution in [2.75, 3.05) is 6.54 Å². The molecule has 88 valence electrons. The van der Waals surface area contributed by atoms with Crippen molar-refractivity contribution in [1.29, 1.82) is 0 Å². The van der Waals surface area contributed by atoms with Crippen LogP contribution in [0.4, 0.5) is 0 Å². The van der Waals surface area contributed by atoms with E-state index in [2.05, 4.69) is 27.1 Å². The van der Waals surface area contributed by atoms with Crippen LogP contribution >= 0.6 is 0 Å². The minimum Gasteiger partial charge on any atom is -0.306 e. The van der Waals surface area contributed by atoms with E-state index in [0.717, 1.165) is 24.7 Å². The molecule has 1 fully saturated rings. The zero-order valence-corrected chi connectivity index (χ0v) is 9.71. The highest BCUT2D eigenvalue weighted by atomic mass is 15.2. The third-order valence-electron chi connectivity index (χ3n) is 3.10. The summed E-state index contributed by atoms with van der Waals surface area (Å²) < 4.78 is 0. The molecule has 0 amide bonds. The lowest BCUT2D eigenvalue weighted by Crippen LogP contribution is -2.13. The summed E-state index contributed by atoms with van der Waals surface area (Å²) in [5.41, 5.74) is 0. The number of aromatic nitrogens is 3. The van der Waals surface area contributed by atoms with E-state index in [0.29, 0.717) is 5.92 Å². The largest absolute Gasteiger partial charge is 0.306 e. The summed E-state index contributed by atoms with van der Waals surface area (Å²) in [6.07, 6.45) is 8.36. The van der Waals surface area contributed by atoms with Gasteiger partial charge in [0, 0.05) is 12.5 Å². The van der Waals surface area contributed by atoms with Gasteiger partial charge in [-0.15, -0.1) is 6.58 Å². The maximum Gasteiger partial charge on any atom is 0.153 e. The molecule has 0 atom stereocenters. The Balaban J connectivity index is 1.88. The van der Waals surface area contributed by atoms with Crippen LogP contribution in [0.3, 0.4) is 0 Å². The molecule has 0 radical (unpaired) electrons. The van der Waals surface area contributed by atoms with Gasteiger partial charge in [0.05, 0.1) is 6.54 Å². The van der Waals surface area contributed by atoms with Crippen molar-refractivity contribution >= 4 is 0 Å². The van der Waals surface area contributed by atoms with Crippen molar-refractivity contribution < 1.29 is 0 Å². The lowest BCUT2D eigenvalue weighted by Gasteiger charge is -2.17. The minimum atomic E-state index is 0.582. The average Bonchev–Trinajstić information content (AvgIpc) is 2.79. The molecule has 1 aliphatic rings. The van der Waals surface area contributed by atoms with Gasteiger partial charge >= 0.3 is 0 Å². The second-order valence-corrected chi connectivity index (χ2v) is 4.39. The maximum atomic E-state index is 4.54. The maximum absolute atomic E-state index is 4.54. The van der Waals surface area contributed by atoms with Gasteiger partial charge in [0.15, 0.2) is 5.82 Å². The van der Waals surface area contributed by atoms with E-state index >= 15 is 0 Å². The highest BCUT2D eigenvalue weighted by Crippen LogP contribution is 2.30.